The number of hydrazine groups is 1. The van der Waals surface area contributed by atoms with E-state index < -0.39 is 33.3 Å². The topological polar surface area (TPSA) is 118 Å². The number of nitrogens with one attached hydrogen (secondary N) is 2. The van der Waals surface area contributed by atoms with E-state index in [9.17, 15) is 18.0 Å². The highest BCUT2D eigenvalue weighted by atomic mass is 32.2. The van der Waals surface area contributed by atoms with Crippen molar-refractivity contribution in [2.45, 2.75) is 16.6 Å². The molecule has 1 aliphatic rings. The molecule has 0 fully saturated rings. The van der Waals surface area contributed by atoms with Crippen molar-refractivity contribution in [3.8, 4) is 0 Å². The van der Waals surface area contributed by atoms with Gasteiger partial charge in [0.2, 0.25) is 5.91 Å². The number of carbonyl (C=O) groups excluding carboxylic acids is 2. The Labute approximate surface area is 103 Å². The molecule has 4 N–H and O–H groups in total. The minimum atomic E-state index is -3.94. The van der Waals surface area contributed by atoms with Gasteiger partial charge in [0.25, 0.3) is 5.91 Å². The van der Waals surface area contributed by atoms with Crippen LogP contribution in [0.2, 0.25) is 0 Å². The van der Waals surface area contributed by atoms with E-state index >= 15 is 0 Å². The molecule has 1 atom stereocenters. The van der Waals surface area contributed by atoms with Gasteiger partial charge in [-0.3, -0.25) is 15.0 Å². The third-order valence-corrected chi connectivity index (χ3v) is 4.75. The minimum Gasteiger partial charge on any atom is -0.325 e. The van der Waals surface area contributed by atoms with E-state index in [1.54, 1.807) is 11.5 Å². The van der Waals surface area contributed by atoms with Crippen LogP contribution in [0.15, 0.2) is 29.2 Å². The molecular formula is C10H11N3O4S. The molecule has 0 saturated heterocycles. The lowest BCUT2D eigenvalue weighted by atomic mass is 10.2. The Balaban J connectivity index is 2.62. The van der Waals surface area contributed by atoms with Crippen LogP contribution in [-0.4, -0.2) is 25.5 Å². The zero-order valence-corrected chi connectivity index (χ0v) is 10.0. The van der Waals surface area contributed by atoms with Gasteiger partial charge >= 0.3 is 0 Å². The first kappa shape index (κ1) is 12.5. The summed E-state index contributed by atoms with van der Waals surface area (Å²) < 4.78 is 24.5. The van der Waals surface area contributed by atoms with Gasteiger partial charge in [0.1, 0.15) is 0 Å². The van der Waals surface area contributed by atoms with Crippen molar-refractivity contribution >= 4 is 27.3 Å². The largest absolute Gasteiger partial charge is 0.325 e. The number of carbonyl (C=O) groups is 2. The lowest BCUT2D eigenvalue weighted by Crippen LogP contribution is -2.43. The summed E-state index contributed by atoms with van der Waals surface area (Å²) in [6, 6.07) is 5.92. The molecular weight excluding hydrogens is 258 g/mol. The van der Waals surface area contributed by atoms with Crippen molar-refractivity contribution < 1.29 is 18.0 Å². The number of rotatable bonds is 1. The summed E-state index contributed by atoms with van der Waals surface area (Å²) in [6.07, 6.45) is -0.458. The monoisotopic (exact) mass is 269 g/mol. The number of hydrogen-bond acceptors (Lipinski definition) is 5. The first-order chi connectivity index (χ1) is 8.46. The summed E-state index contributed by atoms with van der Waals surface area (Å²) in [7, 11) is -3.94. The number of fused-ring (bicyclic) bond motifs is 1. The van der Waals surface area contributed by atoms with Crippen LogP contribution in [0.1, 0.15) is 6.42 Å². The number of hydrogen-bond donors (Lipinski definition) is 3. The molecule has 2 rings (SSSR count). The highest BCUT2D eigenvalue weighted by Gasteiger charge is 2.39. The van der Waals surface area contributed by atoms with Crippen molar-refractivity contribution in [1.82, 2.24) is 5.43 Å². The second-order valence-electron chi connectivity index (χ2n) is 3.79. The minimum absolute atomic E-state index is 0.0792. The maximum absolute atomic E-state index is 12.3. The Bertz CT molecular complexity index is 611. The first-order valence-electron chi connectivity index (χ1n) is 5.10. The summed E-state index contributed by atoms with van der Waals surface area (Å²) >= 11 is 0. The Morgan fingerprint density at radius 2 is 2.06 bits per heavy atom. The number of para-hydroxylation sites is 1. The molecule has 1 aromatic rings. The second-order valence-corrected chi connectivity index (χ2v) is 5.89. The van der Waals surface area contributed by atoms with Gasteiger partial charge in [-0.15, -0.1) is 0 Å². The average molecular weight is 269 g/mol. The highest BCUT2D eigenvalue weighted by molar-refractivity contribution is 7.93. The molecule has 1 aliphatic heterocycles. The van der Waals surface area contributed by atoms with Gasteiger partial charge in [0.15, 0.2) is 15.1 Å². The van der Waals surface area contributed by atoms with Gasteiger partial charge in [0, 0.05) is 0 Å². The maximum atomic E-state index is 12.3. The van der Waals surface area contributed by atoms with Crippen LogP contribution in [0.3, 0.4) is 0 Å². The van der Waals surface area contributed by atoms with Crippen LogP contribution in [0, 0.1) is 0 Å². The fourth-order valence-electron chi connectivity index (χ4n) is 1.78. The van der Waals surface area contributed by atoms with E-state index in [4.69, 9.17) is 5.84 Å². The summed E-state index contributed by atoms with van der Waals surface area (Å²) in [6.45, 7) is 0. The third kappa shape index (κ3) is 1.95. The van der Waals surface area contributed by atoms with E-state index in [-0.39, 0.29) is 10.6 Å². The lowest BCUT2D eigenvalue weighted by molar-refractivity contribution is -0.123. The van der Waals surface area contributed by atoms with Crippen LogP contribution in [0.5, 0.6) is 0 Å². The molecule has 7 nitrogen and oxygen atoms in total. The van der Waals surface area contributed by atoms with Crippen molar-refractivity contribution in [2.24, 2.45) is 5.84 Å². The fraction of sp³-hybridized carbons (Fsp3) is 0.200. The smallest absolute Gasteiger partial charge is 0.253 e. The zero-order chi connectivity index (χ0) is 13.3. The normalized spacial score (nSPS) is 21.4. The molecule has 1 unspecified atom stereocenters. The van der Waals surface area contributed by atoms with Gasteiger partial charge in [0.05, 0.1) is 17.0 Å². The molecule has 0 saturated carbocycles. The zero-order valence-electron chi connectivity index (χ0n) is 9.21. The van der Waals surface area contributed by atoms with Crippen molar-refractivity contribution in [3.05, 3.63) is 24.3 Å². The van der Waals surface area contributed by atoms with Gasteiger partial charge in [-0.1, -0.05) is 12.1 Å². The van der Waals surface area contributed by atoms with Gasteiger partial charge in [-0.25, -0.2) is 14.3 Å². The number of nitrogens with two attached hydrogens (primary N) is 1. The van der Waals surface area contributed by atoms with Crippen LogP contribution >= 0.6 is 0 Å². The molecule has 2 amide bonds. The summed E-state index contributed by atoms with van der Waals surface area (Å²) in [5, 5.41) is 0.940. The summed E-state index contributed by atoms with van der Waals surface area (Å²) in [4.78, 5) is 23.0. The molecule has 0 aliphatic carbocycles. The maximum Gasteiger partial charge on any atom is 0.253 e. The molecule has 0 radical (unpaired) electrons. The van der Waals surface area contributed by atoms with Gasteiger partial charge in [-0.05, 0) is 12.1 Å². The quantitative estimate of drug-likeness (QED) is 0.349. The Morgan fingerprint density at radius 3 is 2.72 bits per heavy atom. The highest BCUT2D eigenvalue weighted by Crippen LogP contribution is 2.29. The molecule has 8 heteroatoms. The molecule has 0 aromatic heterocycles. The molecule has 0 bridgehead atoms. The summed E-state index contributed by atoms with van der Waals surface area (Å²) in [5.41, 5.74) is 1.95. The van der Waals surface area contributed by atoms with Gasteiger partial charge in [-0.2, -0.15) is 0 Å². The number of benzene rings is 1. The molecule has 1 heterocycles. The van der Waals surface area contributed by atoms with Crippen LogP contribution in [0.25, 0.3) is 0 Å². The third-order valence-electron chi connectivity index (χ3n) is 2.65. The van der Waals surface area contributed by atoms with Crippen LogP contribution in [-0.2, 0) is 19.4 Å². The lowest BCUT2D eigenvalue weighted by Gasteiger charge is -2.12. The molecule has 1 aromatic carbocycles. The molecule has 0 spiro atoms. The van der Waals surface area contributed by atoms with Crippen molar-refractivity contribution in [1.29, 1.82) is 0 Å². The van der Waals surface area contributed by atoms with E-state index in [1.165, 1.54) is 18.2 Å². The van der Waals surface area contributed by atoms with Crippen LogP contribution < -0.4 is 16.6 Å². The van der Waals surface area contributed by atoms with E-state index in [0.717, 1.165) is 0 Å². The summed E-state index contributed by atoms with van der Waals surface area (Å²) in [5.74, 6) is 3.50. The number of amides is 2. The van der Waals surface area contributed by atoms with Crippen molar-refractivity contribution in [2.75, 3.05) is 5.32 Å². The number of anilines is 1. The average Bonchev–Trinajstić information content (AvgIpc) is 2.44. The first-order valence-corrected chi connectivity index (χ1v) is 6.64. The Hall–Kier alpha value is -1.93. The van der Waals surface area contributed by atoms with E-state index in [0.29, 0.717) is 0 Å². The van der Waals surface area contributed by atoms with E-state index in [1.807, 2.05) is 0 Å². The van der Waals surface area contributed by atoms with E-state index in [2.05, 4.69) is 5.32 Å². The van der Waals surface area contributed by atoms with Gasteiger partial charge < -0.3 is 5.32 Å². The predicted molar refractivity (Wildman–Crippen MR) is 63.0 cm³/mol. The van der Waals surface area contributed by atoms with Crippen LogP contribution in [0.4, 0.5) is 5.69 Å². The predicted octanol–water partition coefficient (Wildman–Crippen LogP) is -0.839. The standard InChI is InChI=1S/C10H11N3O4S/c11-13-10(15)8-5-9(14)12-6-3-1-2-4-7(6)18(8,16)17/h1-4,8H,5,11H2,(H,12,14)(H,13,15). The van der Waals surface area contributed by atoms with Crippen molar-refractivity contribution in [3.63, 3.8) is 0 Å². The molecule has 18 heavy (non-hydrogen) atoms. The molecule has 96 valence electrons. The Morgan fingerprint density at radius 1 is 1.39 bits per heavy atom. The Kier molecular flexibility index (Phi) is 3.05. The number of sulfone groups is 1. The SMILES string of the molecule is NNC(=O)C1CC(=O)Nc2ccccc2S1(=O)=O. The second kappa shape index (κ2) is 4.39. The fourth-order valence-corrected chi connectivity index (χ4v) is 3.50.